The quantitative estimate of drug-likeness (QED) is 0.631. The van der Waals surface area contributed by atoms with Gasteiger partial charge in [0.15, 0.2) is 0 Å². The highest BCUT2D eigenvalue weighted by atomic mass is 14.1. The van der Waals surface area contributed by atoms with Crippen molar-refractivity contribution in [1.29, 1.82) is 0 Å². The minimum atomic E-state index is 0.623. The average Bonchev–Trinajstić information content (AvgIpc) is 2.08. The zero-order valence-electron chi connectivity index (χ0n) is 8.96. The van der Waals surface area contributed by atoms with Gasteiger partial charge in [0.05, 0.1) is 0 Å². The van der Waals surface area contributed by atoms with Crippen LogP contribution in [0.2, 0.25) is 0 Å². The first kappa shape index (κ1) is 10.0. The number of aryl methyl sites for hydroxylation is 1. The number of hydrogen-bond acceptors (Lipinski definition) is 0. The molecule has 0 aliphatic heterocycles. The van der Waals surface area contributed by atoms with E-state index in [1.807, 2.05) is 0 Å². The van der Waals surface area contributed by atoms with Crippen molar-refractivity contribution in [2.75, 3.05) is 0 Å². The second-order valence-electron chi connectivity index (χ2n) is 3.77. The zero-order valence-corrected chi connectivity index (χ0v) is 8.96. The standard InChI is InChI=1S/C13H18/c1-5-6-12-7-8-13(10(2)3)9-11(12)4/h5-10H,1-4H3/b6-5-. The third-order valence-electron chi connectivity index (χ3n) is 2.31. The van der Waals surface area contributed by atoms with Crippen LogP contribution >= 0.6 is 0 Å². The van der Waals surface area contributed by atoms with Gasteiger partial charge >= 0.3 is 0 Å². The van der Waals surface area contributed by atoms with E-state index in [0.717, 1.165) is 0 Å². The summed E-state index contributed by atoms with van der Waals surface area (Å²) in [6.45, 7) is 8.67. The van der Waals surface area contributed by atoms with E-state index < -0.39 is 0 Å². The van der Waals surface area contributed by atoms with E-state index in [4.69, 9.17) is 0 Å². The lowest BCUT2D eigenvalue weighted by Gasteiger charge is -2.08. The van der Waals surface area contributed by atoms with Crippen molar-refractivity contribution >= 4 is 6.08 Å². The van der Waals surface area contributed by atoms with Crippen LogP contribution in [0.15, 0.2) is 24.3 Å². The molecule has 13 heavy (non-hydrogen) atoms. The molecule has 1 aromatic rings. The Hall–Kier alpha value is -1.04. The molecule has 0 amide bonds. The van der Waals surface area contributed by atoms with E-state index in [1.165, 1.54) is 16.7 Å². The van der Waals surface area contributed by atoms with Crippen LogP contribution in [0.5, 0.6) is 0 Å². The molecule has 0 unspecified atom stereocenters. The minimum Gasteiger partial charge on any atom is -0.0871 e. The topological polar surface area (TPSA) is 0 Å². The van der Waals surface area contributed by atoms with Crippen molar-refractivity contribution in [3.8, 4) is 0 Å². The van der Waals surface area contributed by atoms with E-state index >= 15 is 0 Å². The fraction of sp³-hybridized carbons (Fsp3) is 0.385. The van der Waals surface area contributed by atoms with Crippen molar-refractivity contribution in [2.45, 2.75) is 33.6 Å². The maximum absolute atomic E-state index is 2.28. The normalized spacial score (nSPS) is 11.5. The van der Waals surface area contributed by atoms with Gasteiger partial charge < -0.3 is 0 Å². The molecular weight excluding hydrogens is 156 g/mol. The van der Waals surface area contributed by atoms with Gasteiger partial charge in [-0.15, -0.1) is 0 Å². The van der Waals surface area contributed by atoms with Gasteiger partial charge in [-0.1, -0.05) is 44.2 Å². The Bertz CT molecular complexity index is 306. The summed E-state index contributed by atoms with van der Waals surface area (Å²) >= 11 is 0. The molecule has 0 aliphatic rings. The Labute approximate surface area is 81.3 Å². The Kier molecular flexibility index (Phi) is 3.30. The lowest BCUT2D eigenvalue weighted by molar-refractivity contribution is 0.864. The van der Waals surface area contributed by atoms with Crippen LogP contribution in [-0.4, -0.2) is 0 Å². The van der Waals surface area contributed by atoms with E-state index in [9.17, 15) is 0 Å². The summed E-state index contributed by atoms with van der Waals surface area (Å²) in [4.78, 5) is 0. The second-order valence-corrected chi connectivity index (χ2v) is 3.77. The third kappa shape index (κ3) is 2.45. The number of hydrogen-bond donors (Lipinski definition) is 0. The summed E-state index contributed by atoms with van der Waals surface area (Å²) < 4.78 is 0. The van der Waals surface area contributed by atoms with Crippen molar-refractivity contribution in [2.24, 2.45) is 0 Å². The molecule has 0 aromatic heterocycles. The van der Waals surface area contributed by atoms with Crippen LogP contribution < -0.4 is 0 Å². The summed E-state index contributed by atoms with van der Waals surface area (Å²) in [5, 5.41) is 0. The number of allylic oxidation sites excluding steroid dienone is 1. The largest absolute Gasteiger partial charge is 0.0871 e. The molecule has 0 spiro atoms. The summed E-state index contributed by atoms with van der Waals surface area (Å²) in [6.07, 6.45) is 4.23. The molecule has 0 heteroatoms. The van der Waals surface area contributed by atoms with Crippen LogP contribution in [0.4, 0.5) is 0 Å². The van der Waals surface area contributed by atoms with Gasteiger partial charge in [0.1, 0.15) is 0 Å². The van der Waals surface area contributed by atoms with Crippen LogP contribution in [0, 0.1) is 6.92 Å². The second kappa shape index (κ2) is 4.27. The van der Waals surface area contributed by atoms with Crippen LogP contribution in [0.25, 0.3) is 6.08 Å². The number of benzene rings is 1. The van der Waals surface area contributed by atoms with Crippen LogP contribution in [-0.2, 0) is 0 Å². The molecule has 0 heterocycles. The van der Waals surface area contributed by atoms with Crippen molar-refractivity contribution in [3.63, 3.8) is 0 Å². The van der Waals surface area contributed by atoms with Crippen molar-refractivity contribution < 1.29 is 0 Å². The molecule has 0 nitrogen and oxygen atoms in total. The van der Waals surface area contributed by atoms with E-state index in [1.54, 1.807) is 0 Å². The molecule has 0 aliphatic carbocycles. The first-order valence-corrected chi connectivity index (χ1v) is 4.88. The molecule has 0 saturated carbocycles. The monoisotopic (exact) mass is 174 g/mol. The van der Waals surface area contributed by atoms with Gasteiger partial charge in [0, 0.05) is 0 Å². The fourth-order valence-corrected chi connectivity index (χ4v) is 1.42. The maximum Gasteiger partial charge on any atom is -0.0219 e. The zero-order chi connectivity index (χ0) is 9.84. The summed E-state index contributed by atoms with van der Waals surface area (Å²) in [7, 11) is 0. The van der Waals surface area contributed by atoms with E-state index in [2.05, 4.69) is 58.0 Å². The highest BCUT2D eigenvalue weighted by Gasteiger charge is 2.00. The molecule has 70 valence electrons. The van der Waals surface area contributed by atoms with Gasteiger partial charge in [0.25, 0.3) is 0 Å². The lowest BCUT2D eigenvalue weighted by Crippen LogP contribution is -1.89. The molecule has 0 saturated heterocycles. The fourth-order valence-electron chi connectivity index (χ4n) is 1.42. The molecule has 0 N–H and O–H groups in total. The number of rotatable bonds is 2. The summed E-state index contributed by atoms with van der Waals surface area (Å²) in [6, 6.07) is 6.69. The Morgan fingerprint density at radius 1 is 1.23 bits per heavy atom. The molecule has 0 bridgehead atoms. The third-order valence-corrected chi connectivity index (χ3v) is 2.31. The first-order valence-electron chi connectivity index (χ1n) is 4.88. The predicted molar refractivity (Wildman–Crippen MR) is 60.0 cm³/mol. The highest BCUT2D eigenvalue weighted by Crippen LogP contribution is 2.19. The Morgan fingerprint density at radius 2 is 1.92 bits per heavy atom. The smallest absolute Gasteiger partial charge is 0.0219 e. The lowest BCUT2D eigenvalue weighted by atomic mass is 9.98. The SMILES string of the molecule is C/C=C\c1ccc(C(C)C)cc1C. The van der Waals surface area contributed by atoms with Crippen molar-refractivity contribution in [3.05, 3.63) is 41.0 Å². The highest BCUT2D eigenvalue weighted by molar-refractivity contribution is 5.54. The van der Waals surface area contributed by atoms with Gasteiger partial charge in [0.2, 0.25) is 0 Å². The molecule has 0 radical (unpaired) electrons. The van der Waals surface area contributed by atoms with E-state index in [-0.39, 0.29) is 0 Å². The van der Waals surface area contributed by atoms with Crippen LogP contribution in [0.3, 0.4) is 0 Å². The molecule has 1 rings (SSSR count). The predicted octanol–water partition coefficient (Wildman–Crippen LogP) is 4.15. The first-order chi connectivity index (χ1) is 6.15. The Morgan fingerprint density at radius 3 is 2.38 bits per heavy atom. The van der Waals surface area contributed by atoms with Gasteiger partial charge in [-0.25, -0.2) is 0 Å². The molecule has 0 atom stereocenters. The van der Waals surface area contributed by atoms with Crippen LogP contribution in [0.1, 0.15) is 43.4 Å². The summed E-state index contributed by atoms with van der Waals surface area (Å²) in [5.41, 5.74) is 4.11. The molecule has 1 aromatic carbocycles. The van der Waals surface area contributed by atoms with Gasteiger partial charge in [-0.2, -0.15) is 0 Å². The van der Waals surface area contributed by atoms with Crippen molar-refractivity contribution in [1.82, 2.24) is 0 Å². The van der Waals surface area contributed by atoms with Gasteiger partial charge in [-0.3, -0.25) is 0 Å². The van der Waals surface area contributed by atoms with Gasteiger partial charge in [-0.05, 0) is 36.5 Å². The maximum atomic E-state index is 2.28. The molecular formula is C13H18. The Balaban J connectivity index is 3.05. The summed E-state index contributed by atoms with van der Waals surface area (Å²) in [5.74, 6) is 0.623. The minimum absolute atomic E-state index is 0.623. The molecule has 0 fully saturated rings. The van der Waals surface area contributed by atoms with E-state index in [0.29, 0.717) is 5.92 Å². The average molecular weight is 174 g/mol.